The van der Waals surface area contributed by atoms with Crippen LogP contribution in [0.15, 0.2) is 30.4 Å². The molecule has 1 aromatic carbocycles. The molecule has 1 fully saturated rings. The SMILES string of the molecule is O=[N+]([O-])c1cc(Cl)ccc1N1CCN(C2C=CCCC2)CC1. The predicted octanol–water partition coefficient (Wildman–Crippen LogP) is 3.48. The quantitative estimate of drug-likeness (QED) is 0.486. The van der Waals surface area contributed by atoms with Crippen LogP contribution in [0.1, 0.15) is 19.3 Å². The van der Waals surface area contributed by atoms with Crippen molar-refractivity contribution in [1.82, 2.24) is 4.90 Å². The number of nitrogens with zero attached hydrogens (tertiary/aromatic N) is 3. The lowest BCUT2D eigenvalue weighted by molar-refractivity contribution is -0.384. The van der Waals surface area contributed by atoms with Crippen molar-refractivity contribution in [3.05, 3.63) is 45.5 Å². The Bertz CT molecular complexity index is 583. The number of halogens is 1. The van der Waals surface area contributed by atoms with E-state index in [1.807, 2.05) is 0 Å². The maximum absolute atomic E-state index is 11.2. The van der Waals surface area contributed by atoms with Gasteiger partial charge in [-0.05, 0) is 31.4 Å². The van der Waals surface area contributed by atoms with Crippen molar-refractivity contribution < 1.29 is 4.92 Å². The number of hydrogen-bond acceptors (Lipinski definition) is 4. The van der Waals surface area contributed by atoms with Gasteiger partial charge in [-0.2, -0.15) is 0 Å². The summed E-state index contributed by atoms with van der Waals surface area (Å²) in [7, 11) is 0. The maximum atomic E-state index is 11.2. The van der Waals surface area contributed by atoms with Gasteiger partial charge in [-0.3, -0.25) is 15.0 Å². The summed E-state index contributed by atoms with van der Waals surface area (Å²) in [5.74, 6) is 0. The Hall–Kier alpha value is -1.59. The van der Waals surface area contributed by atoms with E-state index in [1.165, 1.54) is 25.3 Å². The minimum Gasteiger partial charge on any atom is -0.363 e. The minimum atomic E-state index is -0.350. The van der Waals surface area contributed by atoms with Crippen molar-refractivity contribution in [2.24, 2.45) is 0 Å². The number of allylic oxidation sites excluding steroid dienone is 1. The second-order valence-electron chi connectivity index (χ2n) is 5.84. The lowest BCUT2D eigenvalue weighted by Crippen LogP contribution is -2.50. The van der Waals surface area contributed by atoms with Crippen LogP contribution < -0.4 is 4.90 Å². The van der Waals surface area contributed by atoms with Gasteiger partial charge in [-0.25, -0.2) is 0 Å². The van der Waals surface area contributed by atoms with E-state index in [0.29, 0.717) is 16.8 Å². The Labute approximate surface area is 135 Å². The smallest absolute Gasteiger partial charge is 0.294 e. The largest absolute Gasteiger partial charge is 0.363 e. The van der Waals surface area contributed by atoms with E-state index in [2.05, 4.69) is 22.0 Å². The van der Waals surface area contributed by atoms with Crippen molar-refractivity contribution in [3.63, 3.8) is 0 Å². The number of anilines is 1. The molecule has 0 saturated carbocycles. The molecular weight excluding hydrogens is 302 g/mol. The van der Waals surface area contributed by atoms with Gasteiger partial charge >= 0.3 is 0 Å². The molecule has 1 aliphatic heterocycles. The zero-order chi connectivity index (χ0) is 15.5. The number of piperazine rings is 1. The lowest BCUT2D eigenvalue weighted by Gasteiger charge is -2.39. The molecule has 0 N–H and O–H groups in total. The number of nitro groups is 1. The monoisotopic (exact) mass is 321 g/mol. The highest BCUT2D eigenvalue weighted by atomic mass is 35.5. The average molecular weight is 322 g/mol. The molecule has 1 atom stereocenters. The van der Waals surface area contributed by atoms with E-state index in [9.17, 15) is 10.1 Å². The van der Waals surface area contributed by atoms with Crippen molar-refractivity contribution >= 4 is 23.0 Å². The fourth-order valence-corrected chi connectivity index (χ4v) is 3.47. The van der Waals surface area contributed by atoms with E-state index in [4.69, 9.17) is 11.6 Å². The van der Waals surface area contributed by atoms with E-state index < -0.39 is 0 Å². The molecule has 1 saturated heterocycles. The summed E-state index contributed by atoms with van der Waals surface area (Å²) in [6, 6.07) is 5.46. The molecule has 2 aliphatic rings. The van der Waals surface area contributed by atoms with Crippen molar-refractivity contribution in [2.45, 2.75) is 25.3 Å². The molecule has 0 bridgehead atoms. The molecule has 0 amide bonds. The molecule has 6 heteroatoms. The van der Waals surface area contributed by atoms with Crippen LogP contribution in [0.25, 0.3) is 0 Å². The van der Waals surface area contributed by atoms with Gasteiger partial charge in [0.1, 0.15) is 5.69 Å². The first-order valence-electron chi connectivity index (χ1n) is 7.75. The highest BCUT2D eigenvalue weighted by Crippen LogP contribution is 2.32. The number of hydrogen-bond donors (Lipinski definition) is 0. The molecule has 1 aliphatic carbocycles. The lowest BCUT2D eigenvalue weighted by atomic mass is 10.0. The molecule has 5 nitrogen and oxygen atoms in total. The fourth-order valence-electron chi connectivity index (χ4n) is 3.30. The summed E-state index contributed by atoms with van der Waals surface area (Å²) in [4.78, 5) is 15.5. The summed E-state index contributed by atoms with van der Waals surface area (Å²) < 4.78 is 0. The van der Waals surface area contributed by atoms with Crippen molar-refractivity contribution in [3.8, 4) is 0 Å². The molecule has 22 heavy (non-hydrogen) atoms. The summed E-state index contributed by atoms with van der Waals surface area (Å²) in [5, 5.41) is 11.6. The van der Waals surface area contributed by atoms with Crippen LogP contribution in [0.2, 0.25) is 5.02 Å². The Morgan fingerprint density at radius 3 is 2.64 bits per heavy atom. The van der Waals surface area contributed by atoms with E-state index in [1.54, 1.807) is 12.1 Å². The molecule has 1 unspecified atom stereocenters. The normalized spacial score (nSPS) is 22.8. The summed E-state index contributed by atoms with van der Waals surface area (Å²) >= 11 is 5.89. The Morgan fingerprint density at radius 2 is 2.00 bits per heavy atom. The van der Waals surface area contributed by atoms with Gasteiger partial charge in [0, 0.05) is 43.3 Å². The average Bonchev–Trinajstić information content (AvgIpc) is 2.56. The van der Waals surface area contributed by atoms with Gasteiger partial charge in [0.2, 0.25) is 0 Å². The van der Waals surface area contributed by atoms with Gasteiger partial charge in [0.25, 0.3) is 5.69 Å². The fraction of sp³-hybridized carbons (Fsp3) is 0.500. The standard InChI is InChI=1S/C16H20ClN3O2/c17-13-6-7-15(16(12-13)20(21)22)19-10-8-18(9-11-19)14-4-2-1-3-5-14/h2,4,6-7,12,14H,1,3,5,8-11H2. The Morgan fingerprint density at radius 1 is 1.23 bits per heavy atom. The number of nitro benzene ring substituents is 1. The third kappa shape index (κ3) is 3.25. The summed E-state index contributed by atoms with van der Waals surface area (Å²) in [5.41, 5.74) is 0.770. The molecule has 118 valence electrons. The van der Waals surface area contributed by atoms with E-state index >= 15 is 0 Å². The highest BCUT2D eigenvalue weighted by molar-refractivity contribution is 6.30. The highest BCUT2D eigenvalue weighted by Gasteiger charge is 2.26. The van der Waals surface area contributed by atoms with E-state index in [-0.39, 0.29) is 10.6 Å². The van der Waals surface area contributed by atoms with Gasteiger partial charge in [0.05, 0.1) is 4.92 Å². The first-order valence-corrected chi connectivity index (χ1v) is 8.12. The first-order chi connectivity index (χ1) is 10.6. The van der Waals surface area contributed by atoms with Crippen LogP contribution in [0.5, 0.6) is 0 Å². The van der Waals surface area contributed by atoms with Crippen LogP contribution in [0.3, 0.4) is 0 Å². The van der Waals surface area contributed by atoms with Gasteiger partial charge < -0.3 is 4.90 Å². The minimum absolute atomic E-state index is 0.0958. The maximum Gasteiger partial charge on any atom is 0.294 e. The van der Waals surface area contributed by atoms with Crippen LogP contribution in [-0.2, 0) is 0 Å². The molecule has 1 aromatic rings. The van der Waals surface area contributed by atoms with Crippen LogP contribution in [-0.4, -0.2) is 42.0 Å². The molecule has 1 heterocycles. The van der Waals surface area contributed by atoms with Crippen molar-refractivity contribution in [1.29, 1.82) is 0 Å². The number of benzene rings is 1. The summed E-state index contributed by atoms with van der Waals surface area (Å²) in [6.45, 7) is 3.50. The van der Waals surface area contributed by atoms with Crippen LogP contribution >= 0.6 is 11.6 Å². The van der Waals surface area contributed by atoms with Crippen LogP contribution in [0, 0.1) is 10.1 Å². The first kappa shape index (κ1) is 15.3. The Balaban J connectivity index is 1.70. The molecular formula is C16H20ClN3O2. The van der Waals surface area contributed by atoms with Gasteiger partial charge in [-0.1, -0.05) is 23.8 Å². The summed E-state index contributed by atoms with van der Waals surface area (Å²) in [6.07, 6.45) is 8.24. The molecule has 0 radical (unpaired) electrons. The second-order valence-corrected chi connectivity index (χ2v) is 6.28. The third-order valence-electron chi connectivity index (χ3n) is 4.49. The third-order valence-corrected chi connectivity index (χ3v) is 4.72. The molecule has 0 aromatic heterocycles. The topological polar surface area (TPSA) is 49.6 Å². The predicted molar refractivity (Wildman–Crippen MR) is 88.7 cm³/mol. The van der Waals surface area contributed by atoms with Crippen molar-refractivity contribution in [2.75, 3.05) is 31.1 Å². The van der Waals surface area contributed by atoms with E-state index in [0.717, 1.165) is 26.2 Å². The zero-order valence-electron chi connectivity index (χ0n) is 12.4. The Kier molecular flexibility index (Phi) is 4.64. The van der Waals surface area contributed by atoms with Gasteiger partial charge in [-0.15, -0.1) is 0 Å². The number of rotatable bonds is 3. The van der Waals surface area contributed by atoms with Gasteiger partial charge in [0.15, 0.2) is 0 Å². The molecule has 0 spiro atoms. The second kappa shape index (κ2) is 6.67. The van der Waals surface area contributed by atoms with Crippen LogP contribution in [0.4, 0.5) is 11.4 Å². The zero-order valence-corrected chi connectivity index (χ0v) is 13.2. The molecule has 3 rings (SSSR count).